The van der Waals surface area contributed by atoms with E-state index in [1.165, 1.54) is 0 Å². The van der Waals surface area contributed by atoms with Crippen LogP contribution < -0.4 is 5.32 Å². The van der Waals surface area contributed by atoms with Gasteiger partial charge in [-0.1, -0.05) is 23.2 Å². The molecule has 0 radical (unpaired) electrons. The quantitative estimate of drug-likeness (QED) is 0.557. The molecule has 2 aromatic heterocycles. The van der Waals surface area contributed by atoms with Gasteiger partial charge in [0.1, 0.15) is 0 Å². The lowest BCUT2D eigenvalue weighted by molar-refractivity contribution is 0.0663. The van der Waals surface area contributed by atoms with Gasteiger partial charge in [0, 0.05) is 16.6 Å². The lowest BCUT2D eigenvalue weighted by Crippen LogP contribution is -2.46. The molecule has 6 rings (SSSR count). The number of nitrogens with zero attached hydrogens (tertiary/aromatic N) is 5. The van der Waals surface area contributed by atoms with Crippen molar-refractivity contribution < 1.29 is 9.84 Å². The molecule has 1 aromatic carbocycles. The highest BCUT2D eigenvalue weighted by Crippen LogP contribution is 2.39. The second-order valence-corrected chi connectivity index (χ2v) is 10.0. The molecule has 2 atom stereocenters. The van der Waals surface area contributed by atoms with E-state index in [0.717, 1.165) is 60.3 Å². The summed E-state index contributed by atoms with van der Waals surface area (Å²) in [5, 5.41) is 20.0. The van der Waals surface area contributed by atoms with Crippen LogP contribution in [0.25, 0.3) is 10.9 Å². The van der Waals surface area contributed by atoms with Crippen LogP contribution in [0.5, 0.6) is 0 Å². The Morgan fingerprint density at radius 3 is 2.61 bits per heavy atom. The molecule has 0 bridgehead atoms. The van der Waals surface area contributed by atoms with Gasteiger partial charge in [0.05, 0.1) is 48.8 Å². The predicted molar refractivity (Wildman–Crippen MR) is 128 cm³/mol. The molecular weight excluding hydrogens is 463 g/mol. The average molecular weight is 489 g/mol. The molecule has 2 saturated heterocycles. The van der Waals surface area contributed by atoms with E-state index in [1.54, 1.807) is 12.4 Å². The van der Waals surface area contributed by atoms with Gasteiger partial charge in [0.25, 0.3) is 0 Å². The molecule has 4 heterocycles. The van der Waals surface area contributed by atoms with Crippen LogP contribution in [0, 0.1) is 0 Å². The summed E-state index contributed by atoms with van der Waals surface area (Å²) in [6.45, 7) is 2.89. The first-order valence-electron chi connectivity index (χ1n) is 11.5. The lowest BCUT2D eigenvalue weighted by Gasteiger charge is -2.36. The van der Waals surface area contributed by atoms with Crippen molar-refractivity contribution in [3.05, 3.63) is 40.3 Å². The Morgan fingerprint density at radius 1 is 1.06 bits per heavy atom. The number of likely N-dealkylation sites (tertiary alicyclic amines) is 1. The molecule has 1 aliphatic carbocycles. The molecule has 3 aromatic rings. The second kappa shape index (κ2) is 8.67. The topological polar surface area (TPSA) is 88.3 Å². The summed E-state index contributed by atoms with van der Waals surface area (Å²) < 4.78 is 7.29. The Hall–Kier alpha value is -1.97. The van der Waals surface area contributed by atoms with E-state index in [0.29, 0.717) is 42.0 Å². The van der Waals surface area contributed by atoms with Crippen molar-refractivity contribution in [3.63, 3.8) is 0 Å². The number of ether oxygens (including phenoxy) is 1. The third-order valence-electron chi connectivity index (χ3n) is 7.03. The zero-order valence-electron chi connectivity index (χ0n) is 18.1. The zero-order valence-corrected chi connectivity index (χ0v) is 19.6. The number of aliphatic hydroxyl groups excluding tert-OH is 1. The highest BCUT2D eigenvalue weighted by atomic mass is 35.5. The highest BCUT2D eigenvalue weighted by molar-refractivity contribution is 6.32. The second-order valence-electron chi connectivity index (χ2n) is 9.26. The third kappa shape index (κ3) is 4.19. The van der Waals surface area contributed by atoms with E-state index in [2.05, 4.69) is 26.4 Å². The first-order valence-corrected chi connectivity index (χ1v) is 12.3. The van der Waals surface area contributed by atoms with Gasteiger partial charge in [-0.2, -0.15) is 5.10 Å². The van der Waals surface area contributed by atoms with Gasteiger partial charge in [-0.15, -0.1) is 0 Å². The van der Waals surface area contributed by atoms with Gasteiger partial charge in [-0.25, -0.2) is 14.6 Å². The van der Waals surface area contributed by atoms with Crippen LogP contribution in [0.4, 0.5) is 11.6 Å². The number of halogens is 2. The normalized spacial score (nSPS) is 24.6. The van der Waals surface area contributed by atoms with Crippen molar-refractivity contribution in [1.29, 1.82) is 0 Å². The summed E-state index contributed by atoms with van der Waals surface area (Å²) >= 11 is 13.2. The molecular formula is C23H26Cl2N6O2. The minimum absolute atomic E-state index is 0.107. The van der Waals surface area contributed by atoms with Crippen LogP contribution in [0.2, 0.25) is 10.2 Å². The molecule has 3 fully saturated rings. The van der Waals surface area contributed by atoms with Gasteiger partial charge in [0.2, 0.25) is 5.95 Å². The van der Waals surface area contributed by atoms with Crippen molar-refractivity contribution >= 4 is 45.7 Å². The maximum Gasteiger partial charge on any atom is 0.227 e. The van der Waals surface area contributed by atoms with E-state index in [4.69, 9.17) is 32.9 Å². The van der Waals surface area contributed by atoms with Crippen LogP contribution in [0.1, 0.15) is 43.2 Å². The van der Waals surface area contributed by atoms with E-state index in [-0.39, 0.29) is 6.04 Å². The molecule has 2 aliphatic heterocycles. The minimum Gasteiger partial charge on any atom is -0.389 e. The number of hydrogen-bond donors (Lipinski definition) is 2. The Morgan fingerprint density at radius 2 is 1.88 bits per heavy atom. The molecule has 3 aliphatic rings. The minimum atomic E-state index is -0.390. The number of aliphatic hydroxyl groups is 1. The third-order valence-corrected chi connectivity index (χ3v) is 7.74. The zero-order chi connectivity index (χ0) is 22.5. The summed E-state index contributed by atoms with van der Waals surface area (Å²) in [7, 11) is 0. The van der Waals surface area contributed by atoms with Crippen molar-refractivity contribution in [3.8, 4) is 0 Å². The number of rotatable bonds is 5. The van der Waals surface area contributed by atoms with Gasteiger partial charge < -0.3 is 15.2 Å². The molecule has 0 amide bonds. The van der Waals surface area contributed by atoms with Crippen molar-refractivity contribution in [2.45, 2.75) is 49.8 Å². The lowest BCUT2D eigenvalue weighted by atomic mass is 9.88. The van der Waals surface area contributed by atoms with Crippen molar-refractivity contribution in [2.24, 2.45) is 0 Å². The molecule has 33 heavy (non-hydrogen) atoms. The van der Waals surface area contributed by atoms with Crippen LogP contribution >= 0.6 is 23.2 Å². The molecule has 2 N–H and O–H groups in total. The molecule has 8 nitrogen and oxygen atoms in total. The summed E-state index contributed by atoms with van der Waals surface area (Å²) in [6, 6.07) is 4.56. The first-order chi connectivity index (χ1) is 16.1. The number of fused-ring (bicyclic) bond motifs is 1. The monoisotopic (exact) mass is 488 g/mol. The highest BCUT2D eigenvalue weighted by Gasteiger charge is 2.34. The number of nitrogens with one attached hydrogen (secondary N) is 1. The molecule has 1 saturated carbocycles. The van der Waals surface area contributed by atoms with Crippen LogP contribution in [-0.2, 0) is 4.74 Å². The number of benzene rings is 1. The van der Waals surface area contributed by atoms with Crippen LogP contribution in [-0.4, -0.2) is 68.2 Å². The number of aromatic nitrogens is 4. The fourth-order valence-corrected chi connectivity index (χ4v) is 5.59. The predicted octanol–water partition coefficient (Wildman–Crippen LogP) is 4.15. The van der Waals surface area contributed by atoms with Gasteiger partial charge >= 0.3 is 0 Å². The maximum absolute atomic E-state index is 10.1. The molecule has 174 valence electrons. The van der Waals surface area contributed by atoms with E-state index >= 15 is 0 Å². The Bertz CT molecular complexity index is 1180. The fraction of sp³-hybridized carbons (Fsp3) is 0.522. The smallest absolute Gasteiger partial charge is 0.227 e. The van der Waals surface area contributed by atoms with Gasteiger partial charge in [-0.3, -0.25) is 4.90 Å². The number of piperidine rings is 1. The van der Waals surface area contributed by atoms with Crippen molar-refractivity contribution in [1.82, 2.24) is 24.6 Å². The molecule has 10 heteroatoms. The fourth-order valence-electron chi connectivity index (χ4n) is 4.99. The number of anilines is 2. The van der Waals surface area contributed by atoms with E-state index in [9.17, 15) is 5.11 Å². The largest absolute Gasteiger partial charge is 0.389 e. The maximum atomic E-state index is 10.1. The number of hydrogen-bond acceptors (Lipinski definition) is 7. The Balaban J connectivity index is 1.20. The Kier molecular flexibility index (Phi) is 5.66. The first kappa shape index (κ1) is 21.6. The summed E-state index contributed by atoms with van der Waals surface area (Å²) in [4.78, 5) is 11.5. The summed E-state index contributed by atoms with van der Waals surface area (Å²) in [5.41, 5.74) is 2.68. The summed E-state index contributed by atoms with van der Waals surface area (Å²) in [6.07, 6.45) is 7.32. The van der Waals surface area contributed by atoms with Gasteiger partial charge in [0.15, 0.2) is 5.15 Å². The molecule has 0 unspecified atom stereocenters. The van der Waals surface area contributed by atoms with Crippen molar-refractivity contribution in [2.75, 3.05) is 31.6 Å². The van der Waals surface area contributed by atoms with E-state index < -0.39 is 6.10 Å². The van der Waals surface area contributed by atoms with Gasteiger partial charge in [-0.05, 0) is 62.4 Å². The average Bonchev–Trinajstić information content (AvgIpc) is 3.47. The van der Waals surface area contributed by atoms with Crippen LogP contribution in [0.3, 0.4) is 0 Å². The summed E-state index contributed by atoms with van der Waals surface area (Å²) in [5.74, 6) is 0.841. The van der Waals surface area contributed by atoms with Crippen LogP contribution in [0.15, 0.2) is 24.5 Å². The Labute approximate surface area is 201 Å². The van der Waals surface area contributed by atoms with E-state index in [1.807, 2.05) is 10.7 Å². The standard InChI is InChI=1S/C23H26Cl2N6O2/c24-17-7-14-9-26-23(29-19-10-27-31(22(19)25)15-1-2-15)28-18(14)8-16(17)13-3-5-30(6-4-13)20-11-33-12-21(20)32/h7-10,13,15,20-21,32H,1-6,11-12H2,(H,26,28,29)/t20-,21+/m1/s1. The molecule has 0 spiro atoms. The SMILES string of the molecule is O[C@H]1COC[C@H]1N1CCC(c2cc3nc(Nc4cnn(C5CC5)c4Cl)ncc3cc2Cl)CC1.